The van der Waals surface area contributed by atoms with Crippen LogP contribution in [0.4, 0.5) is 10.5 Å². The minimum Gasteiger partial charge on any atom is -0.376 e. The molecule has 3 aromatic rings. The molecule has 12 heteroatoms. The lowest BCUT2D eigenvalue weighted by Gasteiger charge is -2.27. The zero-order chi connectivity index (χ0) is 27.1. The molecule has 8 nitrogen and oxygen atoms in total. The number of benzene rings is 3. The van der Waals surface area contributed by atoms with E-state index in [0.717, 1.165) is 10.5 Å². The Kier molecular flexibility index (Phi) is 7.34. The van der Waals surface area contributed by atoms with Gasteiger partial charge in [-0.25, -0.2) is 9.69 Å². The molecule has 0 bridgehead atoms. The Hall–Kier alpha value is -3.37. The first-order valence-corrected chi connectivity index (χ1v) is 13.1. The number of nitrogens with zero attached hydrogens (tertiary/aromatic N) is 1. The Bertz CT molecular complexity index is 1580. The van der Waals surface area contributed by atoms with Crippen molar-refractivity contribution in [3.63, 3.8) is 0 Å². The lowest BCUT2D eigenvalue weighted by molar-refractivity contribution is -0.122. The Morgan fingerprint density at radius 3 is 2.14 bits per heavy atom. The van der Waals surface area contributed by atoms with Crippen LogP contribution in [0.25, 0.3) is 6.08 Å². The number of aryl methyl sites for hydroxylation is 1. The smallest absolute Gasteiger partial charge is 0.339 e. The summed E-state index contributed by atoms with van der Waals surface area (Å²) >= 11 is 18.7. The van der Waals surface area contributed by atoms with Crippen LogP contribution in [-0.4, -0.2) is 26.3 Å². The molecule has 4 rings (SSSR count). The van der Waals surface area contributed by atoms with Gasteiger partial charge in [-0.2, -0.15) is 8.42 Å². The third-order valence-electron chi connectivity index (χ3n) is 5.42. The van der Waals surface area contributed by atoms with Gasteiger partial charge in [0.1, 0.15) is 10.5 Å². The predicted octanol–water partition coefficient (Wildman–Crippen LogP) is 5.70. The van der Waals surface area contributed by atoms with E-state index in [2.05, 4.69) is 5.32 Å². The van der Waals surface area contributed by atoms with Gasteiger partial charge in [-0.15, -0.1) is 0 Å². The van der Waals surface area contributed by atoms with E-state index in [4.69, 9.17) is 39.0 Å². The van der Waals surface area contributed by atoms with Gasteiger partial charge in [0.15, 0.2) is 5.75 Å². The van der Waals surface area contributed by atoms with Crippen LogP contribution in [0.5, 0.6) is 5.75 Å². The van der Waals surface area contributed by atoms with Crippen LogP contribution in [0.1, 0.15) is 16.7 Å². The molecule has 0 unspecified atom stereocenters. The summed E-state index contributed by atoms with van der Waals surface area (Å²) in [4.78, 5) is 38.9. The fraction of sp³-hybridized carbons (Fsp3) is 0.0800. The number of carbonyl (C=O) groups is 3. The summed E-state index contributed by atoms with van der Waals surface area (Å²) in [6, 6.07) is 12.3. The quantitative estimate of drug-likeness (QED) is 0.236. The van der Waals surface area contributed by atoms with Crippen molar-refractivity contribution in [3.8, 4) is 5.75 Å². The molecule has 0 aromatic heterocycles. The maximum Gasteiger partial charge on any atom is 0.339 e. The molecule has 3 aromatic carbocycles. The number of nitrogens with one attached hydrogen (secondary N) is 1. The number of halogens is 3. The van der Waals surface area contributed by atoms with Gasteiger partial charge in [0.25, 0.3) is 11.8 Å². The zero-order valence-corrected chi connectivity index (χ0v) is 22.3. The standard InChI is InChI=1S/C25H17Cl3N2O6S/c1-13-6-8-16(9-7-13)37(34,35)36-22-19(27)11-15(12-20(22)28)10-17-23(31)29-25(33)30(24(17)32)21-5-3-4-18(26)14(21)2/h3-12H,1-2H3,(H,29,31,33)/b17-10+. The highest BCUT2D eigenvalue weighted by Crippen LogP contribution is 2.37. The van der Waals surface area contributed by atoms with E-state index in [9.17, 15) is 22.8 Å². The van der Waals surface area contributed by atoms with Crippen molar-refractivity contribution in [2.75, 3.05) is 4.90 Å². The summed E-state index contributed by atoms with van der Waals surface area (Å²) in [5.74, 6) is -2.15. The van der Waals surface area contributed by atoms with E-state index >= 15 is 0 Å². The van der Waals surface area contributed by atoms with E-state index < -0.39 is 28.0 Å². The SMILES string of the molecule is Cc1ccc(S(=O)(=O)Oc2c(Cl)cc(/C=C3\C(=O)NC(=O)N(c4cccc(Cl)c4C)C3=O)cc2Cl)cc1. The molecular formula is C25H17Cl3N2O6S. The monoisotopic (exact) mass is 578 g/mol. The first kappa shape index (κ1) is 26.7. The Labute approximate surface area is 227 Å². The summed E-state index contributed by atoms with van der Waals surface area (Å²) in [7, 11) is -4.24. The van der Waals surface area contributed by atoms with Gasteiger partial charge in [-0.1, -0.05) is 58.6 Å². The topological polar surface area (TPSA) is 110 Å². The molecular weight excluding hydrogens is 563 g/mol. The second-order valence-corrected chi connectivity index (χ2v) is 10.8. The van der Waals surface area contributed by atoms with Gasteiger partial charge in [0.05, 0.1) is 15.7 Å². The highest BCUT2D eigenvalue weighted by atomic mass is 35.5. The first-order valence-electron chi connectivity index (χ1n) is 10.6. The maximum atomic E-state index is 13.2. The molecule has 1 fully saturated rings. The van der Waals surface area contributed by atoms with E-state index in [-0.39, 0.29) is 37.5 Å². The van der Waals surface area contributed by atoms with E-state index in [1.165, 1.54) is 36.4 Å². The molecule has 0 saturated carbocycles. The van der Waals surface area contributed by atoms with Crippen LogP contribution in [0.2, 0.25) is 15.1 Å². The van der Waals surface area contributed by atoms with Crippen molar-refractivity contribution in [3.05, 3.63) is 91.9 Å². The minimum absolute atomic E-state index is 0.0954. The van der Waals surface area contributed by atoms with E-state index in [1.54, 1.807) is 38.1 Å². The van der Waals surface area contributed by atoms with Crippen molar-refractivity contribution < 1.29 is 27.0 Å². The van der Waals surface area contributed by atoms with Crippen LogP contribution >= 0.6 is 34.8 Å². The number of barbiturate groups is 1. The minimum atomic E-state index is -4.24. The molecule has 1 N–H and O–H groups in total. The van der Waals surface area contributed by atoms with E-state index in [0.29, 0.717) is 10.6 Å². The number of anilines is 1. The molecule has 37 heavy (non-hydrogen) atoms. The highest BCUT2D eigenvalue weighted by molar-refractivity contribution is 7.87. The number of imide groups is 2. The summed E-state index contributed by atoms with van der Waals surface area (Å²) in [5.41, 5.74) is 1.33. The average Bonchev–Trinajstić information content (AvgIpc) is 2.82. The third-order valence-corrected chi connectivity index (χ3v) is 7.62. The Morgan fingerprint density at radius 1 is 0.892 bits per heavy atom. The van der Waals surface area contributed by atoms with Crippen molar-refractivity contribution in [2.24, 2.45) is 0 Å². The first-order chi connectivity index (χ1) is 17.4. The summed E-state index contributed by atoms with van der Waals surface area (Å²) in [6.45, 7) is 3.43. The molecule has 1 heterocycles. The zero-order valence-electron chi connectivity index (χ0n) is 19.2. The maximum absolute atomic E-state index is 13.2. The van der Waals surface area contributed by atoms with Gasteiger partial charge >= 0.3 is 16.1 Å². The summed E-state index contributed by atoms with van der Waals surface area (Å²) in [6.07, 6.45) is 1.17. The number of hydrogen-bond donors (Lipinski definition) is 1. The molecule has 1 saturated heterocycles. The fourth-order valence-corrected chi connectivity index (χ4v) is 5.29. The molecule has 4 amide bonds. The fourth-order valence-electron chi connectivity index (χ4n) is 3.49. The van der Waals surface area contributed by atoms with Crippen molar-refractivity contribution in [1.82, 2.24) is 5.32 Å². The van der Waals surface area contributed by atoms with Gasteiger partial charge in [0, 0.05) is 5.02 Å². The summed E-state index contributed by atoms with van der Waals surface area (Å²) < 4.78 is 30.5. The highest BCUT2D eigenvalue weighted by Gasteiger charge is 2.37. The van der Waals surface area contributed by atoms with Crippen LogP contribution in [0.15, 0.2) is 65.1 Å². The molecule has 190 valence electrons. The number of urea groups is 1. The molecule has 0 aliphatic carbocycles. The number of hydrogen-bond acceptors (Lipinski definition) is 6. The van der Waals surface area contributed by atoms with Gasteiger partial charge in [0.2, 0.25) is 0 Å². The predicted molar refractivity (Wildman–Crippen MR) is 141 cm³/mol. The van der Waals surface area contributed by atoms with Crippen LogP contribution < -0.4 is 14.4 Å². The normalized spacial score (nSPS) is 15.2. The Morgan fingerprint density at radius 2 is 1.51 bits per heavy atom. The number of carbonyl (C=O) groups excluding carboxylic acids is 3. The van der Waals surface area contributed by atoms with Crippen LogP contribution in [0.3, 0.4) is 0 Å². The van der Waals surface area contributed by atoms with Crippen molar-refractivity contribution >= 4 is 74.5 Å². The van der Waals surface area contributed by atoms with Crippen molar-refractivity contribution in [2.45, 2.75) is 18.7 Å². The largest absolute Gasteiger partial charge is 0.376 e. The van der Waals surface area contributed by atoms with Crippen LogP contribution in [-0.2, 0) is 19.7 Å². The molecule has 0 atom stereocenters. The van der Waals surface area contributed by atoms with Crippen LogP contribution in [0, 0.1) is 13.8 Å². The molecule has 1 aliphatic rings. The second kappa shape index (κ2) is 10.2. The van der Waals surface area contributed by atoms with E-state index in [1.807, 2.05) is 0 Å². The second-order valence-electron chi connectivity index (χ2n) is 8.01. The van der Waals surface area contributed by atoms with Gasteiger partial charge < -0.3 is 4.18 Å². The number of rotatable bonds is 5. The number of amides is 4. The Balaban J connectivity index is 1.69. The van der Waals surface area contributed by atoms with Gasteiger partial charge in [-0.05, 0) is 67.4 Å². The van der Waals surface area contributed by atoms with Crippen molar-refractivity contribution in [1.29, 1.82) is 0 Å². The molecule has 0 spiro atoms. The average molecular weight is 580 g/mol. The summed E-state index contributed by atoms with van der Waals surface area (Å²) in [5, 5.41) is 2.08. The lowest BCUT2D eigenvalue weighted by atomic mass is 10.1. The molecule has 0 radical (unpaired) electrons. The van der Waals surface area contributed by atoms with Gasteiger partial charge in [-0.3, -0.25) is 14.9 Å². The third kappa shape index (κ3) is 5.35. The molecule has 1 aliphatic heterocycles. The lowest BCUT2D eigenvalue weighted by Crippen LogP contribution is -2.54.